The summed E-state index contributed by atoms with van der Waals surface area (Å²) in [5, 5.41) is 5.04. The van der Waals surface area contributed by atoms with Gasteiger partial charge in [-0.3, -0.25) is 0 Å². The summed E-state index contributed by atoms with van der Waals surface area (Å²) in [5.41, 5.74) is 18.2. The Morgan fingerprint density at radius 2 is 1.20 bits per heavy atom. The Kier molecular flexibility index (Phi) is 6.59. The van der Waals surface area contributed by atoms with E-state index in [1.165, 1.54) is 82.5 Å². The minimum absolute atomic E-state index is 0.0157. The summed E-state index contributed by atoms with van der Waals surface area (Å²) < 4.78 is 9.75. The summed E-state index contributed by atoms with van der Waals surface area (Å²) in [7, 11) is 0. The lowest BCUT2D eigenvalue weighted by Gasteiger charge is -2.35. The molecule has 59 heavy (non-hydrogen) atoms. The van der Waals surface area contributed by atoms with Gasteiger partial charge >= 0.3 is 0 Å². The number of ether oxygens (including phenoxy) is 1. The van der Waals surface area contributed by atoms with Gasteiger partial charge in [0.05, 0.1) is 5.52 Å². The summed E-state index contributed by atoms with van der Waals surface area (Å²) in [5.74, 6) is 1.87. The normalized spacial score (nSPS) is 13.8. The van der Waals surface area contributed by atoms with E-state index in [1.54, 1.807) is 0 Å². The molecule has 9 aromatic carbocycles. The quantitative estimate of drug-likeness (QED) is 0.167. The first kappa shape index (κ1) is 32.8. The number of para-hydroxylation sites is 4. The van der Waals surface area contributed by atoms with Crippen LogP contribution in [0.5, 0.6) is 11.5 Å². The minimum atomic E-state index is -0.243. The van der Waals surface area contributed by atoms with Gasteiger partial charge in [0.25, 0.3) is 6.71 Å². The Labute approximate surface area is 343 Å². The fourth-order valence-electron chi connectivity index (χ4n) is 10.7. The van der Waals surface area contributed by atoms with Crippen molar-refractivity contribution in [3.05, 3.63) is 199 Å². The van der Waals surface area contributed by atoms with Crippen molar-refractivity contribution in [1.82, 2.24) is 4.57 Å². The van der Waals surface area contributed by atoms with Crippen molar-refractivity contribution in [3.8, 4) is 39.4 Å². The molecule has 0 spiro atoms. The first-order valence-electron chi connectivity index (χ1n) is 20.6. The van der Waals surface area contributed by atoms with E-state index in [1.807, 2.05) is 0 Å². The van der Waals surface area contributed by atoms with Gasteiger partial charge in [0.2, 0.25) is 0 Å². The summed E-state index contributed by atoms with van der Waals surface area (Å²) in [6, 6.07) is 69.1. The van der Waals surface area contributed by atoms with Crippen molar-refractivity contribution < 1.29 is 4.74 Å². The van der Waals surface area contributed by atoms with Gasteiger partial charge in [-0.15, -0.1) is 0 Å². The number of hydrogen-bond donors (Lipinski definition) is 0. The molecule has 0 saturated heterocycles. The van der Waals surface area contributed by atoms with Crippen molar-refractivity contribution in [2.45, 2.75) is 19.3 Å². The molecule has 0 atom stereocenters. The van der Waals surface area contributed by atoms with Crippen molar-refractivity contribution >= 4 is 72.7 Å². The van der Waals surface area contributed by atoms with Crippen LogP contribution in [0.15, 0.2) is 188 Å². The van der Waals surface area contributed by atoms with E-state index in [0.29, 0.717) is 0 Å². The molecule has 1 aliphatic carbocycles. The lowest BCUT2D eigenvalue weighted by Crippen LogP contribution is -2.58. The maximum absolute atomic E-state index is 7.24. The molecule has 3 heterocycles. The van der Waals surface area contributed by atoms with Crippen molar-refractivity contribution in [2.24, 2.45) is 0 Å². The molecule has 0 unspecified atom stereocenters. The van der Waals surface area contributed by atoms with Gasteiger partial charge in [-0.05, 0) is 127 Å². The molecule has 13 rings (SSSR count). The van der Waals surface area contributed by atoms with Gasteiger partial charge in [0.1, 0.15) is 11.5 Å². The highest BCUT2D eigenvalue weighted by Gasteiger charge is 2.44. The molecule has 4 heteroatoms. The van der Waals surface area contributed by atoms with E-state index in [9.17, 15) is 0 Å². The average Bonchev–Trinajstić information content (AvgIpc) is 3.73. The average molecular weight is 753 g/mol. The first-order chi connectivity index (χ1) is 29.0. The summed E-state index contributed by atoms with van der Waals surface area (Å²) >= 11 is 0. The molecule has 0 radical (unpaired) electrons. The molecule has 1 aromatic heterocycles. The third-order valence-corrected chi connectivity index (χ3v) is 13.4. The zero-order valence-corrected chi connectivity index (χ0v) is 32.8. The Bertz CT molecular complexity index is 3360. The second-order valence-corrected chi connectivity index (χ2v) is 16.9. The fourth-order valence-corrected chi connectivity index (χ4v) is 10.7. The molecular formula is C55H37BN2O. The van der Waals surface area contributed by atoms with Crippen LogP contribution in [0.2, 0.25) is 0 Å². The zero-order valence-electron chi connectivity index (χ0n) is 32.8. The second-order valence-electron chi connectivity index (χ2n) is 16.9. The van der Waals surface area contributed by atoms with Gasteiger partial charge in [0, 0.05) is 44.5 Å². The number of benzene rings is 9. The lowest BCUT2D eigenvalue weighted by atomic mass is 9.34. The SMILES string of the molecule is CC1(C)c2cc(N(c3ccccc3)c3ccccc3)ccc2-c2cc3c(cc21)B1c2c(cc(-c4ccc5ccccc5c4)cc2-n2c4ccccc4c4cccc1c42)O3. The van der Waals surface area contributed by atoms with E-state index in [4.69, 9.17) is 4.74 Å². The van der Waals surface area contributed by atoms with Gasteiger partial charge in [-0.2, -0.15) is 0 Å². The van der Waals surface area contributed by atoms with Crippen LogP contribution in [-0.2, 0) is 5.41 Å². The molecule has 2 aliphatic heterocycles. The van der Waals surface area contributed by atoms with Crippen LogP contribution in [-0.4, -0.2) is 11.3 Å². The molecule has 3 aliphatic rings. The predicted octanol–water partition coefficient (Wildman–Crippen LogP) is 12.3. The zero-order chi connectivity index (χ0) is 39.0. The highest BCUT2D eigenvalue weighted by Crippen LogP contribution is 2.52. The number of aromatic nitrogens is 1. The number of anilines is 3. The highest BCUT2D eigenvalue weighted by molar-refractivity contribution is 6.99. The predicted molar refractivity (Wildman–Crippen MR) is 247 cm³/mol. The van der Waals surface area contributed by atoms with E-state index >= 15 is 0 Å². The van der Waals surface area contributed by atoms with E-state index in [0.717, 1.165) is 34.1 Å². The third-order valence-electron chi connectivity index (χ3n) is 13.4. The van der Waals surface area contributed by atoms with Crippen molar-refractivity contribution in [3.63, 3.8) is 0 Å². The largest absolute Gasteiger partial charge is 0.458 e. The van der Waals surface area contributed by atoms with E-state index in [2.05, 4.69) is 211 Å². The molecule has 0 amide bonds. The van der Waals surface area contributed by atoms with Crippen LogP contribution in [0.1, 0.15) is 25.0 Å². The second kappa shape index (κ2) is 11.9. The van der Waals surface area contributed by atoms with Crippen LogP contribution in [0.25, 0.3) is 60.5 Å². The fraction of sp³-hybridized carbons (Fsp3) is 0.0545. The number of fused-ring (bicyclic) bond motifs is 11. The summed E-state index contributed by atoms with van der Waals surface area (Å²) in [6.07, 6.45) is 0. The molecule has 0 N–H and O–H groups in total. The maximum Gasteiger partial charge on any atom is 0.256 e. The Hall–Kier alpha value is -7.30. The Morgan fingerprint density at radius 3 is 2.02 bits per heavy atom. The van der Waals surface area contributed by atoms with Crippen LogP contribution in [0.4, 0.5) is 17.1 Å². The Morgan fingerprint density at radius 1 is 0.492 bits per heavy atom. The molecule has 276 valence electrons. The van der Waals surface area contributed by atoms with Gasteiger partial charge < -0.3 is 14.2 Å². The standard InChI is InChI=1S/C55H37BN2O/c1-55(2)45-31-40(57(38-16-5-3-6-17-38)39-18-7-4-8-19-39)26-27-41(45)44-32-51-48(33-46(44)55)56-47-22-13-21-43-42-20-11-12-23-49(42)58(54(43)47)50-29-37(30-52(59-51)53(50)56)36-25-24-34-14-9-10-15-35(34)28-36/h3-33H,1-2H3. The Balaban J connectivity index is 1.03. The van der Waals surface area contributed by atoms with Crippen LogP contribution in [0, 0.1) is 0 Å². The van der Waals surface area contributed by atoms with Crippen LogP contribution >= 0.6 is 0 Å². The summed E-state index contributed by atoms with van der Waals surface area (Å²) in [6.45, 7) is 4.80. The van der Waals surface area contributed by atoms with Crippen molar-refractivity contribution in [1.29, 1.82) is 0 Å². The minimum Gasteiger partial charge on any atom is -0.458 e. The molecule has 0 fully saturated rings. The topological polar surface area (TPSA) is 17.4 Å². The molecule has 0 saturated carbocycles. The van der Waals surface area contributed by atoms with E-state index in [-0.39, 0.29) is 12.1 Å². The van der Waals surface area contributed by atoms with Gasteiger partial charge in [-0.25, -0.2) is 0 Å². The molecule has 3 nitrogen and oxygen atoms in total. The third kappa shape index (κ3) is 4.54. The van der Waals surface area contributed by atoms with Crippen LogP contribution < -0.4 is 26.0 Å². The molecule has 0 bridgehead atoms. The number of nitrogens with zero attached hydrogens (tertiary/aromatic N) is 2. The molecule has 10 aromatic rings. The van der Waals surface area contributed by atoms with E-state index < -0.39 is 0 Å². The molecular weight excluding hydrogens is 715 g/mol. The van der Waals surface area contributed by atoms with Gasteiger partial charge in [0.15, 0.2) is 0 Å². The highest BCUT2D eigenvalue weighted by atomic mass is 16.5. The van der Waals surface area contributed by atoms with Crippen LogP contribution in [0.3, 0.4) is 0 Å². The monoisotopic (exact) mass is 752 g/mol. The van der Waals surface area contributed by atoms with Gasteiger partial charge in [-0.1, -0.05) is 135 Å². The lowest BCUT2D eigenvalue weighted by molar-refractivity contribution is 0.487. The number of rotatable bonds is 4. The maximum atomic E-state index is 7.24. The smallest absolute Gasteiger partial charge is 0.256 e. The first-order valence-corrected chi connectivity index (χ1v) is 20.6. The number of hydrogen-bond acceptors (Lipinski definition) is 2. The van der Waals surface area contributed by atoms with Crippen molar-refractivity contribution in [2.75, 3.05) is 4.90 Å². The summed E-state index contributed by atoms with van der Waals surface area (Å²) in [4.78, 5) is 2.36.